The van der Waals surface area contributed by atoms with E-state index >= 15 is 0 Å². The molecule has 0 aliphatic carbocycles. The summed E-state index contributed by atoms with van der Waals surface area (Å²) in [6, 6.07) is 13.8. The van der Waals surface area contributed by atoms with Gasteiger partial charge in [-0.1, -0.05) is 38.1 Å². The lowest BCUT2D eigenvalue weighted by atomic mass is 10.0. The van der Waals surface area contributed by atoms with Gasteiger partial charge in [0.2, 0.25) is 0 Å². The van der Waals surface area contributed by atoms with Crippen molar-refractivity contribution >= 4 is 11.6 Å². The molecule has 0 aromatic heterocycles. The van der Waals surface area contributed by atoms with Crippen molar-refractivity contribution in [3.8, 4) is 5.75 Å². The SMILES string of the molecule is Cc1cc(C)cc(OC(C)C(=O)Nc2ccccc2C(C)C)c1. The molecule has 0 aliphatic heterocycles. The Bertz CT molecular complexity index is 672. The maximum atomic E-state index is 12.4. The minimum atomic E-state index is -0.559. The van der Waals surface area contributed by atoms with E-state index in [-0.39, 0.29) is 5.91 Å². The quantitative estimate of drug-likeness (QED) is 0.858. The van der Waals surface area contributed by atoms with Gasteiger partial charge in [-0.3, -0.25) is 4.79 Å². The molecule has 2 aromatic carbocycles. The molecule has 0 saturated heterocycles. The Morgan fingerprint density at radius 3 is 2.22 bits per heavy atom. The summed E-state index contributed by atoms with van der Waals surface area (Å²) < 4.78 is 5.80. The van der Waals surface area contributed by atoms with E-state index in [1.807, 2.05) is 50.2 Å². The molecule has 122 valence electrons. The first-order valence-electron chi connectivity index (χ1n) is 8.01. The van der Waals surface area contributed by atoms with Crippen LogP contribution in [0.2, 0.25) is 0 Å². The van der Waals surface area contributed by atoms with E-state index in [1.165, 1.54) is 0 Å². The third kappa shape index (κ3) is 4.59. The van der Waals surface area contributed by atoms with Crippen LogP contribution < -0.4 is 10.1 Å². The average Bonchev–Trinajstić information content (AvgIpc) is 2.46. The first-order chi connectivity index (χ1) is 10.9. The second-order valence-electron chi connectivity index (χ2n) is 6.31. The topological polar surface area (TPSA) is 38.3 Å². The van der Waals surface area contributed by atoms with Gasteiger partial charge in [-0.2, -0.15) is 0 Å². The number of rotatable bonds is 5. The second-order valence-corrected chi connectivity index (χ2v) is 6.31. The lowest BCUT2D eigenvalue weighted by Crippen LogP contribution is -2.30. The minimum Gasteiger partial charge on any atom is -0.481 e. The molecular weight excluding hydrogens is 286 g/mol. The zero-order valence-corrected chi connectivity index (χ0v) is 14.5. The summed E-state index contributed by atoms with van der Waals surface area (Å²) in [6.45, 7) is 10.0. The van der Waals surface area contributed by atoms with Gasteiger partial charge in [-0.05, 0) is 61.6 Å². The van der Waals surface area contributed by atoms with Crippen molar-refractivity contribution in [2.45, 2.75) is 46.6 Å². The van der Waals surface area contributed by atoms with Gasteiger partial charge in [0.25, 0.3) is 5.91 Å². The highest BCUT2D eigenvalue weighted by atomic mass is 16.5. The fraction of sp³-hybridized carbons (Fsp3) is 0.350. The third-order valence-corrected chi connectivity index (χ3v) is 3.72. The highest BCUT2D eigenvalue weighted by Crippen LogP contribution is 2.24. The Labute approximate surface area is 138 Å². The van der Waals surface area contributed by atoms with Crippen molar-refractivity contribution in [2.24, 2.45) is 0 Å². The van der Waals surface area contributed by atoms with E-state index in [0.29, 0.717) is 5.92 Å². The van der Waals surface area contributed by atoms with Crippen LogP contribution in [0.25, 0.3) is 0 Å². The predicted molar refractivity (Wildman–Crippen MR) is 95.2 cm³/mol. The summed E-state index contributed by atoms with van der Waals surface area (Å²) in [4.78, 5) is 12.4. The summed E-state index contributed by atoms with van der Waals surface area (Å²) in [5, 5.41) is 2.98. The van der Waals surface area contributed by atoms with Gasteiger partial charge in [-0.15, -0.1) is 0 Å². The molecule has 1 unspecified atom stereocenters. The van der Waals surface area contributed by atoms with Crippen molar-refractivity contribution in [3.05, 3.63) is 59.2 Å². The van der Waals surface area contributed by atoms with Gasteiger partial charge in [-0.25, -0.2) is 0 Å². The summed E-state index contributed by atoms with van der Waals surface area (Å²) >= 11 is 0. The molecule has 3 heteroatoms. The maximum absolute atomic E-state index is 12.4. The molecule has 2 rings (SSSR count). The number of anilines is 1. The van der Waals surface area contributed by atoms with E-state index in [9.17, 15) is 4.79 Å². The van der Waals surface area contributed by atoms with Crippen LogP contribution in [-0.4, -0.2) is 12.0 Å². The van der Waals surface area contributed by atoms with Gasteiger partial charge in [0, 0.05) is 5.69 Å². The largest absolute Gasteiger partial charge is 0.481 e. The molecule has 1 atom stereocenters. The molecule has 0 fully saturated rings. The second kappa shape index (κ2) is 7.32. The lowest BCUT2D eigenvalue weighted by Gasteiger charge is -2.18. The zero-order chi connectivity index (χ0) is 17.0. The van der Waals surface area contributed by atoms with E-state index in [2.05, 4.69) is 25.2 Å². The Morgan fingerprint density at radius 1 is 1.00 bits per heavy atom. The smallest absolute Gasteiger partial charge is 0.265 e. The molecule has 0 spiro atoms. The number of hydrogen-bond donors (Lipinski definition) is 1. The highest BCUT2D eigenvalue weighted by molar-refractivity contribution is 5.94. The number of aryl methyl sites for hydroxylation is 2. The number of ether oxygens (including phenoxy) is 1. The van der Waals surface area contributed by atoms with Crippen LogP contribution in [-0.2, 0) is 4.79 Å². The van der Waals surface area contributed by atoms with Gasteiger partial charge in [0.1, 0.15) is 5.75 Å². The Morgan fingerprint density at radius 2 is 1.61 bits per heavy atom. The maximum Gasteiger partial charge on any atom is 0.265 e. The Kier molecular flexibility index (Phi) is 5.43. The fourth-order valence-electron chi connectivity index (χ4n) is 2.61. The molecule has 0 radical (unpaired) electrons. The summed E-state index contributed by atoms with van der Waals surface area (Å²) in [5.74, 6) is 0.932. The molecule has 3 nitrogen and oxygen atoms in total. The first kappa shape index (κ1) is 17.1. The molecule has 1 N–H and O–H groups in total. The van der Waals surface area contributed by atoms with Gasteiger partial charge in [0.15, 0.2) is 6.10 Å². The van der Waals surface area contributed by atoms with Crippen LogP contribution in [0.3, 0.4) is 0 Å². The molecule has 1 amide bonds. The summed E-state index contributed by atoms with van der Waals surface area (Å²) in [5.41, 5.74) is 4.22. The van der Waals surface area contributed by atoms with Crippen LogP contribution in [0.1, 0.15) is 43.4 Å². The van der Waals surface area contributed by atoms with E-state index in [4.69, 9.17) is 4.74 Å². The van der Waals surface area contributed by atoms with Crippen LogP contribution in [0, 0.1) is 13.8 Å². The number of carbonyl (C=O) groups is 1. The molecular formula is C20H25NO2. The van der Waals surface area contributed by atoms with E-state index < -0.39 is 6.10 Å². The van der Waals surface area contributed by atoms with Crippen molar-refractivity contribution in [3.63, 3.8) is 0 Å². The minimum absolute atomic E-state index is 0.141. The van der Waals surface area contributed by atoms with Crippen molar-refractivity contribution < 1.29 is 9.53 Å². The normalized spacial score (nSPS) is 12.1. The van der Waals surface area contributed by atoms with Gasteiger partial charge >= 0.3 is 0 Å². The average molecular weight is 311 g/mol. The zero-order valence-electron chi connectivity index (χ0n) is 14.5. The standard InChI is InChI=1S/C20H25NO2/c1-13(2)18-8-6-7-9-19(18)21-20(22)16(5)23-17-11-14(3)10-15(4)12-17/h6-13,16H,1-5H3,(H,21,22). The monoisotopic (exact) mass is 311 g/mol. The number of benzene rings is 2. The van der Waals surface area contributed by atoms with Gasteiger partial charge < -0.3 is 10.1 Å². The van der Waals surface area contributed by atoms with Crippen molar-refractivity contribution in [1.29, 1.82) is 0 Å². The number of hydrogen-bond acceptors (Lipinski definition) is 2. The number of nitrogens with one attached hydrogen (secondary N) is 1. The number of amides is 1. The molecule has 0 aliphatic rings. The van der Waals surface area contributed by atoms with Crippen LogP contribution in [0.15, 0.2) is 42.5 Å². The van der Waals surface area contributed by atoms with Crippen LogP contribution >= 0.6 is 0 Å². The Balaban J connectivity index is 2.08. The van der Waals surface area contributed by atoms with E-state index in [0.717, 1.165) is 28.1 Å². The third-order valence-electron chi connectivity index (χ3n) is 3.72. The van der Waals surface area contributed by atoms with Crippen LogP contribution in [0.5, 0.6) is 5.75 Å². The number of para-hydroxylation sites is 1. The Hall–Kier alpha value is -2.29. The molecule has 2 aromatic rings. The molecule has 0 bridgehead atoms. The van der Waals surface area contributed by atoms with E-state index in [1.54, 1.807) is 6.92 Å². The molecule has 0 heterocycles. The van der Waals surface area contributed by atoms with Crippen molar-refractivity contribution in [1.82, 2.24) is 0 Å². The van der Waals surface area contributed by atoms with Crippen molar-refractivity contribution in [2.75, 3.05) is 5.32 Å². The fourth-order valence-corrected chi connectivity index (χ4v) is 2.61. The predicted octanol–water partition coefficient (Wildman–Crippen LogP) is 4.83. The first-order valence-corrected chi connectivity index (χ1v) is 8.01. The highest BCUT2D eigenvalue weighted by Gasteiger charge is 2.17. The lowest BCUT2D eigenvalue weighted by molar-refractivity contribution is -0.122. The van der Waals surface area contributed by atoms with Gasteiger partial charge in [0.05, 0.1) is 0 Å². The summed E-state index contributed by atoms with van der Waals surface area (Å²) in [6.07, 6.45) is -0.559. The molecule has 0 saturated carbocycles. The number of carbonyl (C=O) groups excluding carboxylic acids is 1. The van der Waals surface area contributed by atoms with Crippen LogP contribution in [0.4, 0.5) is 5.69 Å². The summed E-state index contributed by atoms with van der Waals surface area (Å²) in [7, 11) is 0. The molecule has 23 heavy (non-hydrogen) atoms.